The summed E-state index contributed by atoms with van der Waals surface area (Å²) in [6.45, 7) is 9.91. The normalized spacial score (nSPS) is 10.4. The molecule has 2 aromatic rings. The number of carbonyl (C=O) groups is 2. The van der Waals surface area contributed by atoms with Crippen LogP contribution in [0.4, 0.5) is 5.69 Å². The standard InChI is InChI=1S/C18H23N5O2S/c1-5-9-23-14(4)21-22-18(23)26-11-16(25)19-10-15(24)20-17-12(2)7-6-8-13(17)3/h5-8H,1,9-11H2,2-4H3,(H,19,25)(H,20,24). The van der Waals surface area contributed by atoms with Crippen LogP contribution in [0.1, 0.15) is 17.0 Å². The lowest BCUT2D eigenvalue weighted by Gasteiger charge is -2.12. The summed E-state index contributed by atoms with van der Waals surface area (Å²) in [4.78, 5) is 24.1. The summed E-state index contributed by atoms with van der Waals surface area (Å²) in [5, 5.41) is 14.2. The minimum Gasteiger partial charge on any atom is -0.346 e. The quantitative estimate of drug-likeness (QED) is 0.547. The molecule has 2 N–H and O–H groups in total. The largest absolute Gasteiger partial charge is 0.346 e. The van der Waals surface area contributed by atoms with E-state index in [0.717, 1.165) is 22.6 Å². The van der Waals surface area contributed by atoms with E-state index in [-0.39, 0.29) is 24.1 Å². The molecule has 1 aromatic carbocycles. The van der Waals surface area contributed by atoms with Gasteiger partial charge in [0, 0.05) is 12.2 Å². The van der Waals surface area contributed by atoms with Crippen LogP contribution in [0.25, 0.3) is 0 Å². The summed E-state index contributed by atoms with van der Waals surface area (Å²) in [5.41, 5.74) is 2.75. The number of nitrogens with one attached hydrogen (secondary N) is 2. The molecule has 1 heterocycles. The van der Waals surface area contributed by atoms with Crippen LogP contribution in [0.15, 0.2) is 36.0 Å². The van der Waals surface area contributed by atoms with Crippen molar-refractivity contribution >= 4 is 29.3 Å². The number of amides is 2. The predicted molar refractivity (Wildman–Crippen MR) is 103 cm³/mol. The van der Waals surface area contributed by atoms with Crippen molar-refractivity contribution in [3.8, 4) is 0 Å². The Bertz CT molecular complexity index is 796. The zero-order valence-corrected chi connectivity index (χ0v) is 16.0. The molecular weight excluding hydrogens is 350 g/mol. The van der Waals surface area contributed by atoms with Crippen molar-refractivity contribution in [1.29, 1.82) is 0 Å². The Kier molecular flexibility index (Phi) is 6.97. The van der Waals surface area contributed by atoms with Crippen molar-refractivity contribution in [3.05, 3.63) is 47.8 Å². The minimum absolute atomic E-state index is 0.0778. The van der Waals surface area contributed by atoms with Crippen LogP contribution in [-0.4, -0.2) is 38.9 Å². The van der Waals surface area contributed by atoms with Crippen molar-refractivity contribution in [2.24, 2.45) is 0 Å². The van der Waals surface area contributed by atoms with Gasteiger partial charge >= 0.3 is 0 Å². The van der Waals surface area contributed by atoms with Gasteiger partial charge in [-0.3, -0.25) is 9.59 Å². The Hall–Kier alpha value is -2.61. The van der Waals surface area contributed by atoms with Gasteiger partial charge in [-0.2, -0.15) is 0 Å². The fourth-order valence-electron chi connectivity index (χ4n) is 2.36. The van der Waals surface area contributed by atoms with Crippen LogP contribution in [-0.2, 0) is 16.1 Å². The number of nitrogens with zero attached hydrogens (tertiary/aromatic N) is 3. The Morgan fingerprint density at radius 3 is 2.54 bits per heavy atom. The molecule has 1 aromatic heterocycles. The average Bonchev–Trinajstić information content (AvgIpc) is 2.95. The van der Waals surface area contributed by atoms with E-state index >= 15 is 0 Å². The molecule has 0 fully saturated rings. The summed E-state index contributed by atoms with van der Waals surface area (Å²) in [7, 11) is 0. The van der Waals surface area contributed by atoms with Crippen LogP contribution < -0.4 is 10.6 Å². The molecule has 26 heavy (non-hydrogen) atoms. The average molecular weight is 373 g/mol. The second-order valence-electron chi connectivity index (χ2n) is 5.81. The fraction of sp³-hybridized carbons (Fsp3) is 0.333. The van der Waals surface area contributed by atoms with Crippen LogP contribution in [0, 0.1) is 20.8 Å². The lowest BCUT2D eigenvalue weighted by molar-refractivity contribution is -0.122. The Labute approximate surface area is 157 Å². The van der Waals surface area contributed by atoms with Crippen LogP contribution >= 0.6 is 11.8 Å². The van der Waals surface area contributed by atoms with Crippen LogP contribution in [0.3, 0.4) is 0 Å². The SMILES string of the molecule is C=CCn1c(C)nnc1SCC(=O)NCC(=O)Nc1c(C)cccc1C. The molecule has 0 unspecified atom stereocenters. The third kappa shape index (κ3) is 5.19. The van der Waals surface area contributed by atoms with Gasteiger partial charge < -0.3 is 15.2 Å². The van der Waals surface area contributed by atoms with Crippen LogP contribution in [0.2, 0.25) is 0 Å². The number of aryl methyl sites for hydroxylation is 3. The van der Waals surface area contributed by atoms with E-state index in [1.807, 2.05) is 43.5 Å². The van der Waals surface area contributed by atoms with Gasteiger partial charge in [-0.15, -0.1) is 16.8 Å². The summed E-state index contributed by atoms with van der Waals surface area (Å²) in [6, 6.07) is 5.80. The van der Waals surface area contributed by atoms with E-state index in [0.29, 0.717) is 11.7 Å². The monoisotopic (exact) mass is 373 g/mol. The summed E-state index contributed by atoms with van der Waals surface area (Å²) in [6.07, 6.45) is 1.75. The number of para-hydroxylation sites is 1. The molecule has 7 nitrogen and oxygen atoms in total. The Morgan fingerprint density at radius 1 is 1.19 bits per heavy atom. The number of anilines is 1. The number of hydrogen-bond donors (Lipinski definition) is 2. The Balaban J connectivity index is 1.82. The van der Waals surface area contributed by atoms with E-state index in [1.54, 1.807) is 6.08 Å². The van der Waals surface area contributed by atoms with Crippen LogP contribution in [0.5, 0.6) is 0 Å². The van der Waals surface area contributed by atoms with E-state index < -0.39 is 0 Å². The van der Waals surface area contributed by atoms with Gasteiger partial charge in [-0.25, -0.2) is 0 Å². The maximum atomic E-state index is 12.1. The van der Waals surface area contributed by atoms with Gasteiger partial charge in [0.1, 0.15) is 5.82 Å². The highest BCUT2D eigenvalue weighted by Gasteiger charge is 2.12. The molecule has 0 bridgehead atoms. The lowest BCUT2D eigenvalue weighted by Crippen LogP contribution is -2.34. The van der Waals surface area contributed by atoms with Gasteiger partial charge in [0.25, 0.3) is 0 Å². The molecule has 0 aliphatic carbocycles. The van der Waals surface area contributed by atoms with Gasteiger partial charge in [0.15, 0.2) is 5.16 Å². The first-order valence-electron chi connectivity index (χ1n) is 8.18. The molecule has 8 heteroatoms. The smallest absolute Gasteiger partial charge is 0.243 e. The minimum atomic E-state index is -0.258. The summed E-state index contributed by atoms with van der Waals surface area (Å²) >= 11 is 1.27. The highest BCUT2D eigenvalue weighted by molar-refractivity contribution is 7.99. The topological polar surface area (TPSA) is 88.9 Å². The molecule has 0 aliphatic heterocycles. The van der Waals surface area contributed by atoms with Gasteiger partial charge in [-0.1, -0.05) is 36.0 Å². The highest BCUT2D eigenvalue weighted by atomic mass is 32.2. The van der Waals surface area contributed by atoms with Crippen molar-refractivity contribution < 1.29 is 9.59 Å². The first kappa shape index (κ1) is 19.7. The number of allylic oxidation sites excluding steroid dienone is 1. The number of rotatable bonds is 8. The Morgan fingerprint density at radius 2 is 1.88 bits per heavy atom. The predicted octanol–water partition coefficient (Wildman–Crippen LogP) is 2.24. The first-order chi connectivity index (χ1) is 12.4. The number of thioether (sulfide) groups is 1. The maximum absolute atomic E-state index is 12.1. The number of aromatic nitrogens is 3. The van der Waals surface area contributed by atoms with Gasteiger partial charge in [0.05, 0.1) is 12.3 Å². The molecule has 0 saturated heterocycles. The van der Waals surface area contributed by atoms with Crippen molar-refractivity contribution in [1.82, 2.24) is 20.1 Å². The third-order valence-corrected chi connectivity index (χ3v) is 4.70. The molecule has 0 spiro atoms. The van der Waals surface area contributed by atoms with E-state index in [9.17, 15) is 9.59 Å². The van der Waals surface area contributed by atoms with Crippen molar-refractivity contribution in [3.63, 3.8) is 0 Å². The molecule has 0 saturated carbocycles. The van der Waals surface area contributed by atoms with E-state index in [1.165, 1.54) is 11.8 Å². The van der Waals surface area contributed by atoms with Gasteiger partial charge in [0.2, 0.25) is 11.8 Å². The zero-order valence-electron chi connectivity index (χ0n) is 15.2. The molecular formula is C18H23N5O2S. The number of benzene rings is 1. The fourth-order valence-corrected chi connectivity index (χ4v) is 3.19. The molecule has 2 amide bonds. The molecule has 0 aliphatic rings. The van der Waals surface area contributed by atoms with E-state index in [4.69, 9.17) is 0 Å². The third-order valence-electron chi connectivity index (χ3n) is 3.74. The maximum Gasteiger partial charge on any atom is 0.243 e. The number of hydrogen-bond acceptors (Lipinski definition) is 5. The molecule has 138 valence electrons. The zero-order chi connectivity index (χ0) is 19.1. The van der Waals surface area contributed by atoms with E-state index in [2.05, 4.69) is 27.4 Å². The summed E-state index contributed by atoms with van der Waals surface area (Å²) < 4.78 is 1.87. The number of carbonyl (C=O) groups excluding carboxylic acids is 2. The molecule has 0 atom stereocenters. The molecule has 0 radical (unpaired) electrons. The van der Waals surface area contributed by atoms with Gasteiger partial charge in [-0.05, 0) is 31.9 Å². The second-order valence-corrected chi connectivity index (χ2v) is 6.75. The van der Waals surface area contributed by atoms with Crippen molar-refractivity contribution in [2.75, 3.05) is 17.6 Å². The summed E-state index contributed by atoms with van der Waals surface area (Å²) in [5.74, 6) is 0.427. The molecule has 2 rings (SSSR count). The second kappa shape index (κ2) is 9.19. The lowest BCUT2D eigenvalue weighted by atomic mass is 10.1. The first-order valence-corrected chi connectivity index (χ1v) is 9.17. The highest BCUT2D eigenvalue weighted by Crippen LogP contribution is 2.19. The van der Waals surface area contributed by atoms with Crippen molar-refractivity contribution in [2.45, 2.75) is 32.5 Å².